The normalized spacial score (nSPS) is 31.1. The van der Waals surface area contributed by atoms with Crippen molar-refractivity contribution < 1.29 is 22.5 Å². The molecule has 1 aromatic carbocycles. The molecule has 5 heteroatoms. The molecule has 2 N–H and O–H groups in total. The summed E-state index contributed by atoms with van der Waals surface area (Å²) < 4.78 is 5.83. The third-order valence-corrected chi connectivity index (χ3v) is 5.41. The van der Waals surface area contributed by atoms with E-state index in [0.29, 0.717) is 22.1 Å². The van der Waals surface area contributed by atoms with Crippen molar-refractivity contribution in [3.05, 3.63) is 33.8 Å². The van der Waals surface area contributed by atoms with Gasteiger partial charge in [0.25, 0.3) is 0 Å². The Labute approximate surface area is 136 Å². The quantitative estimate of drug-likeness (QED) is 0.787. The highest BCUT2D eigenvalue weighted by molar-refractivity contribution is 6.42. The van der Waals surface area contributed by atoms with Crippen molar-refractivity contribution in [1.29, 1.82) is 0 Å². The van der Waals surface area contributed by atoms with Crippen LogP contribution in [0.25, 0.3) is 0 Å². The molecular weight excluding hydrogens is 317 g/mol. The van der Waals surface area contributed by atoms with Crippen LogP contribution in [0.1, 0.15) is 19.4 Å². The third-order valence-electron chi connectivity index (χ3n) is 4.67. The molecule has 1 heterocycles. The van der Waals surface area contributed by atoms with Gasteiger partial charge < -0.3 is 22.5 Å². The highest BCUT2D eigenvalue weighted by Gasteiger charge is 2.70. The lowest BCUT2D eigenvalue weighted by atomic mass is 9.93. The Morgan fingerprint density at radius 2 is 2.10 bits per heavy atom. The van der Waals surface area contributed by atoms with Crippen LogP contribution < -0.4 is 17.7 Å². The maximum absolute atomic E-state index is 6.17. The first-order valence-electron chi connectivity index (χ1n) is 6.94. The van der Waals surface area contributed by atoms with Gasteiger partial charge in [-0.25, -0.2) is 0 Å². The maximum Gasteiger partial charge on any atom is 0.0862 e. The average Bonchev–Trinajstić information content (AvgIpc) is 2.76. The lowest BCUT2D eigenvalue weighted by Gasteiger charge is -2.16. The van der Waals surface area contributed by atoms with E-state index < -0.39 is 0 Å². The Kier molecular flexibility index (Phi) is 4.93. The predicted octanol–water partition coefficient (Wildman–Crippen LogP) is -0.517. The van der Waals surface area contributed by atoms with Gasteiger partial charge in [0.1, 0.15) is 0 Å². The summed E-state index contributed by atoms with van der Waals surface area (Å²) in [6, 6.07) is 6.10. The highest BCUT2D eigenvalue weighted by atomic mass is 35.5. The van der Waals surface area contributed by atoms with Crippen molar-refractivity contribution in [3.63, 3.8) is 0 Å². The molecule has 1 unspecified atom stereocenters. The summed E-state index contributed by atoms with van der Waals surface area (Å²) in [7, 11) is 0. The van der Waals surface area contributed by atoms with Crippen LogP contribution in [0.15, 0.2) is 18.2 Å². The average molecular weight is 337 g/mol. The molecule has 1 aliphatic carbocycles. The summed E-state index contributed by atoms with van der Waals surface area (Å²) in [5.74, 6) is 1.36. The molecule has 0 radical (unpaired) electrons. The van der Waals surface area contributed by atoms with Crippen LogP contribution in [0.3, 0.4) is 0 Å². The van der Waals surface area contributed by atoms with Crippen LogP contribution in [-0.4, -0.2) is 25.8 Å². The summed E-state index contributed by atoms with van der Waals surface area (Å²) in [4.78, 5) is 0. The minimum atomic E-state index is 0. The van der Waals surface area contributed by atoms with Gasteiger partial charge in [0.15, 0.2) is 0 Å². The Balaban J connectivity index is 0.00000147. The summed E-state index contributed by atoms with van der Waals surface area (Å²) in [6.07, 6.45) is 0.302. The van der Waals surface area contributed by atoms with Crippen molar-refractivity contribution in [2.45, 2.75) is 25.4 Å². The largest absolute Gasteiger partial charge is 1.00 e. The van der Waals surface area contributed by atoms with Crippen LogP contribution in [0.2, 0.25) is 10.0 Å². The first kappa shape index (κ1) is 16.4. The molecule has 1 aliphatic heterocycles. The first-order valence-corrected chi connectivity index (χ1v) is 7.70. The minimum absolute atomic E-state index is 0. The number of halogens is 3. The monoisotopic (exact) mass is 335 g/mol. The summed E-state index contributed by atoms with van der Waals surface area (Å²) >= 11 is 12.2. The molecule has 0 amide bonds. The van der Waals surface area contributed by atoms with Crippen molar-refractivity contribution in [2.24, 2.45) is 11.8 Å². The first-order chi connectivity index (χ1) is 9.05. The highest BCUT2D eigenvalue weighted by Crippen LogP contribution is 2.60. The number of hydrogen-bond acceptors (Lipinski definition) is 1. The van der Waals surface area contributed by atoms with Gasteiger partial charge in [-0.15, -0.1) is 0 Å². The van der Waals surface area contributed by atoms with E-state index in [4.69, 9.17) is 27.9 Å². The van der Waals surface area contributed by atoms with Gasteiger partial charge in [0.05, 0.1) is 41.3 Å². The lowest BCUT2D eigenvalue weighted by Crippen LogP contribution is -3.00. The molecular formula is C15H20Cl3NO. The third kappa shape index (κ3) is 2.57. The number of fused-ring (bicyclic) bond motifs is 1. The second-order valence-corrected chi connectivity index (χ2v) is 6.81. The Morgan fingerprint density at radius 1 is 1.35 bits per heavy atom. The molecule has 0 spiro atoms. The molecule has 1 saturated carbocycles. The zero-order valence-electron chi connectivity index (χ0n) is 11.7. The molecule has 2 nitrogen and oxygen atoms in total. The zero-order valence-corrected chi connectivity index (χ0v) is 14.0. The standard InChI is InChI=1S/C15H19Cl2NO.ClH/c1-9(2)19-7-12-11-6-18-8-15(11,12)10-3-4-13(16)14(17)5-10;/h3-5,9,11-12,18H,6-8H2,1-2H3;1H/t11-,12-,15?;/m1./s1. The van der Waals surface area contributed by atoms with E-state index in [2.05, 4.69) is 25.2 Å². The van der Waals surface area contributed by atoms with E-state index in [-0.39, 0.29) is 17.8 Å². The topological polar surface area (TPSA) is 25.8 Å². The molecule has 3 rings (SSSR count). The second-order valence-electron chi connectivity index (χ2n) is 5.99. The van der Waals surface area contributed by atoms with Gasteiger partial charge in [-0.1, -0.05) is 29.3 Å². The number of hydrogen-bond donors (Lipinski definition) is 1. The van der Waals surface area contributed by atoms with E-state index in [9.17, 15) is 0 Å². The fourth-order valence-electron chi connectivity index (χ4n) is 3.68. The van der Waals surface area contributed by atoms with E-state index in [0.717, 1.165) is 19.1 Å². The number of quaternary nitrogens is 1. The van der Waals surface area contributed by atoms with Crippen LogP contribution in [0, 0.1) is 11.8 Å². The summed E-state index contributed by atoms with van der Waals surface area (Å²) in [6.45, 7) is 7.39. The summed E-state index contributed by atoms with van der Waals surface area (Å²) in [5, 5.41) is 3.70. The molecule has 2 aliphatic rings. The number of piperidine rings is 1. The van der Waals surface area contributed by atoms with Crippen LogP contribution in [-0.2, 0) is 10.2 Å². The van der Waals surface area contributed by atoms with Gasteiger partial charge >= 0.3 is 0 Å². The summed E-state index contributed by atoms with van der Waals surface area (Å²) in [5.41, 5.74) is 1.60. The molecule has 0 bridgehead atoms. The van der Waals surface area contributed by atoms with Gasteiger partial charge in [-0.2, -0.15) is 0 Å². The van der Waals surface area contributed by atoms with Gasteiger partial charge in [-0.05, 0) is 31.5 Å². The smallest absolute Gasteiger partial charge is 0.0862 e. The molecule has 2 fully saturated rings. The second kappa shape index (κ2) is 6.02. The maximum atomic E-state index is 6.17. The SMILES string of the molecule is CC(C)OC[C@@H]1[C@H]2C[NH2+]CC21c1ccc(Cl)c(Cl)c1.[Cl-]. The molecule has 112 valence electrons. The van der Waals surface area contributed by atoms with Crippen LogP contribution in [0.4, 0.5) is 0 Å². The minimum Gasteiger partial charge on any atom is -1.00 e. The number of ether oxygens (including phenoxy) is 1. The fourth-order valence-corrected chi connectivity index (χ4v) is 3.97. The van der Waals surface area contributed by atoms with Gasteiger partial charge in [0, 0.05) is 11.8 Å². The van der Waals surface area contributed by atoms with Crippen molar-refractivity contribution in [3.8, 4) is 0 Å². The molecule has 1 saturated heterocycles. The number of nitrogens with two attached hydrogens (primary N) is 1. The Hall–Kier alpha value is 0.01000. The zero-order chi connectivity index (χ0) is 13.6. The lowest BCUT2D eigenvalue weighted by molar-refractivity contribution is -0.646. The van der Waals surface area contributed by atoms with Crippen molar-refractivity contribution in [2.75, 3.05) is 19.7 Å². The molecule has 3 atom stereocenters. The fraction of sp³-hybridized carbons (Fsp3) is 0.600. The van der Waals surface area contributed by atoms with E-state index in [1.54, 1.807) is 0 Å². The number of benzene rings is 1. The Morgan fingerprint density at radius 3 is 2.75 bits per heavy atom. The van der Waals surface area contributed by atoms with Crippen LogP contribution >= 0.6 is 23.2 Å². The van der Waals surface area contributed by atoms with Crippen molar-refractivity contribution >= 4 is 23.2 Å². The predicted molar refractivity (Wildman–Crippen MR) is 77.9 cm³/mol. The molecule has 1 aromatic rings. The van der Waals surface area contributed by atoms with Gasteiger partial charge in [0.2, 0.25) is 0 Å². The number of rotatable bonds is 4. The van der Waals surface area contributed by atoms with Crippen molar-refractivity contribution in [1.82, 2.24) is 0 Å². The van der Waals surface area contributed by atoms with E-state index in [1.807, 2.05) is 12.1 Å². The van der Waals surface area contributed by atoms with E-state index >= 15 is 0 Å². The van der Waals surface area contributed by atoms with Gasteiger partial charge in [-0.3, -0.25) is 0 Å². The molecule has 0 aromatic heterocycles. The van der Waals surface area contributed by atoms with E-state index in [1.165, 1.54) is 12.1 Å². The Bertz CT molecular complexity index is 494. The molecule has 20 heavy (non-hydrogen) atoms. The van der Waals surface area contributed by atoms with Crippen LogP contribution in [0.5, 0.6) is 0 Å².